The molecular weight excluding hydrogens is 144 g/mol. The summed E-state index contributed by atoms with van der Waals surface area (Å²) in [6, 6.07) is 0. The summed E-state index contributed by atoms with van der Waals surface area (Å²) in [5.41, 5.74) is 4.24. The molecule has 1 rings (SSSR count). The van der Waals surface area contributed by atoms with Crippen LogP contribution in [0, 0.1) is 0 Å². The summed E-state index contributed by atoms with van der Waals surface area (Å²) in [6.07, 6.45) is 10.7. The highest BCUT2D eigenvalue weighted by atomic mass is 14.1. The Balaban J connectivity index is 2.92. The lowest BCUT2D eigenvalue weighted by atomic mass is 9.93. The van der Waals surface area contributed by atoms with Gasteiger partial charge in [0.1, 0.15) is 0 Å². The molecule has 0 aliphatic heterocycles. The minimum atomic E-state index is 1.18. The predicted octanol–water partition coefficient (Wildman–Crippen LogP) is 3.79. The zero-order valence-electron chi connectivity index (χ0n) is 7.93. The van der Waals surface area contributed by atoms with Gasteiger partial charge in [-0.2, -0.15) is 0 Å². The molecular formula is C12H16. The molecule has 0 unspecified atom stereocenters. The Labute approximate surface area is 75.0 Å². The maximum absolute atomic E-state index is 3.70. The molecule has 0 aromatic heterocycles. The molecule has 0 aromatic carbocycles. The van der Waals surface area contributed by atoms with Gasteiger partial charge >= 0.3 is 0 Å². The van der Waals surface area contributed by atoms with E-state index in [1.165, 1.54) is 29.6 Å². The van der Waals surface area contributed by atoms with Crippen molar-refractivity contribution < 1.29 is 0 Å². The molecule has 0 saturated carbocycles. The van der Waals surface area contributed by atoms with Gasteiger partial charge in [0.2, 0.25) is 0 Å². The van der Waals surface area contributed by atoms with Crippen LogP contribution in [-0.2, 0) is 0 Å². The van der Waals surface area contributed by atoms with Gasteiger partial charge in [0, 0.05) is 0 Å². The Bertz CT molecular complexity index is 262. The molecule has 1 aliphatic rings. The first-order valence-corrected chi connectivity index (χ1v) is 4.41. The fourth-order valence-electron chi connectivity index (χ4n) is 1.57. The zero-order chi connectivity index (χ0) is 8.97. The van der Waals surface area contributed by atoms with E-state index in [1.807, 2.05) is 6.08 Å². The van der Waals surface area contributed by atoms with Gasteiger partial charge in [-0.15, -0.1) is 0 Å². The van der Waals surface area contributed by atoms with Gasteiger partial charge in [0.25, 0.3) is 0 Å². The van der Waals surface area contributed by atoms with Crippen LogP contribution >= 0.6 is 0 Å². The van der Waals surface area contributed by atoms with E-state index in [0.29, 0.717) is 0 Å². The minimum Gasteiger partial charge on any atom is -0.0991 e. The normalized spacial score (nSPS) is 18.3. The summed E-state index contributed by atoms with van der Waals surface area (Å²) < 4.78 is 0. The Morgan fingerprint density at radius 3 is 2.92 bits per heavy atom. The summed E-state index contributed by atoms with van der Waals surface area (Å²) in [7, 11) is 0. The molecule has 12 heavy (non-hydrogen) atoms. The number of allylic oxidation sites excluding steroid dienone is 7. The Morgan fingerprint density at radius 2 is 2.33 bits per heavy atom. The molecule has 0 fully saturated rings. The third-order valence-electron chi connectivity index (χ3n) is 2.25. The molecule has 1 aliphatic carbocycles. The fraction of sp³-hybridized carbons (Fsp3) is 0.333. The largest absolute Gasteiger partial charge is 0.0991 e. The van der Waals surface area contributed by atoms with Crippen LogP contribution in [0.1, 0.15) is 26.7 Å². The molecule has 0 bridgehead atoms. The van der Waals surface area contributed by atoms with E-state index in [-0.39, 0.29) is 0 Å². The molecule has 0 radical (unpaired) electrons. The second-order valence-electron chi connectivity index (χ2n) is 3.19. The van der Waals surface area contributed by atoms with Crippen LogP contribution in [-0.4, -0.2) is 0 Å². The van der Waals surface area contributed by atoms with Crippen LogP contribution in [0.3, 0.4) is 0 Å². The summed E-state index contributed by atoms with van der Waals surface area (Å²) in [4.78, 5) is 0. The van der Waals surface area contributed by atoms with Gasteiger partial charge in [0.05, 0.1) is 0 Å². The average molecular weight is 160 g/mol. The average Bonchev–Trinajstić information content (AvgIpc) is 2.05. The van der Waals surface area contributed by atoms with Gasteiger partial charge in [-0.05, 0) is 43.4 Å². The van der Waals surface area contributed by atoms with Crippen molar-refractivity contribution in [2.75, 3.05) is 0 Å². The first kappa shape index (κ1) is 9.05. The van der Waals surface area contributed by atoms with Gasteiger partial charge < -0.3 is 0 Å². The van der Waals surface area contributed by atoms with Gasteiger partial charge in [-0.25, -0.2) is 0 Å². The molecule has 0 heteroatoms. The highest BCUT2D eigenvalue weighted by molar-refractivity contribution is 5.41. The third-order valence-corrected chi connectivity index (χ3v) is 2.25. The van der Waals surface area contributed by atoms with Crippen LogP contribution in [0.15, 0.2) is 47.6 Å². The monoisotopic (exact) mass is 160 g/mol. The molecule has 0 N–H and O–H groups in total. The van der Waals surface area contributed by atoms with Crippen molar-refractivity contribution in [3.63, 3.8) is 0 Å². The van der Waals surface area contributed by atoms with Crippen LogP contribution in [0.2, 0.25) is 0 Å². The summed E-state index contributed by atoms with van der Waals surface area (Å²) >= 11 is 0. The van der Waals surface area contributed by atoms with E-state index >= 15 is 0 Å². The van der Waals surface area contributed by atoms with Crippen LogP contribution in [0.25, 0.3) is 0 Å². The molecule has 0 heterocycles. The Hall–Kier alpha value is -1.04. The predicted molar refractivity (Wildman–Crippen MR) is 55.0 cm³/mol. The Morgan fingerprint density at radius 1 is 1.58 bits per heavy atom. The topological polar surface area (TPSA) is 0 Å². The van der Waals surface area contributed by atoms with E-state index in [1.54, 1.807) is 0 Å². The van der Waals surface area contributed by atoms with Crippen LogP contribution < -0.4 is 0 Å². The minimum absolute atomic E-state index is 1.18. The van der Waals surface area contributed by atoms with Crippen LogP contribution in [0.4, 0.5) is 0 Å². The van der Waals surface area contributed by atoms with Gasteiger partial charge in [-0.1, -0.05) is 30.9 Å². The molecule has 0 saturated heterocycles. The fourth-order valence-corrected chi connectivity index (χ4v) is 1.57. The number of rotatable bonds is 2. The first-order valence-electron chi connectivity index (χ1n) is 4.41. The van der Waals surface area contributed by atoms with E-state index in [2.05, 4.69) is 38.7 Å². The van der Waals surface area contributed by atoms with Gasteiger partial charge in [0.15, 0.2) is 0 Å². The van der Waals surface area contributed by atoms with Crippen molar-refractivity contribution in [3.8, 4) is 0 Å². The van der Waals surface area contributed by atoms with Crippen molar-refractivity contribution in [3.05, 3.63) is 47.6 Å². The van der Waals surface area contributed by atoms with Crippen molar-refractivity contribution in [1.29, 1.82) is 0 Å². The second-order valence-corrected chi connectivity index (χ2v) is 3.19. The lowest BCUT2D eigenvalue weighted by Gasteiger charge is -2.13. The third kappa shape index (κ3) is 1.97. The van der Waals surface area contributed by atoms with Crippen molar-refractivity contribution in [1.82, 2.24) is 0 Å². The highest BCUT2D eigenvalue weighted by Crippen LogP contribution is 2.24. The summed E-state index contributed by atoms with van der Waals surface area (Å²) in [5.74, 6) is 0. The number of hydrogen-bond donors (Lipinski definition) is 0. The van der Waals surface area contributed by atoms with E-state index < -0.39 is 0 Å². The molecule has 0 nitrogen and oxygen atoms in total. The quantitative estimate of drug-likeness (QED) is 0.539. The summed E-state index contributed by atoms with van der Waals surface area (Å²) in [5, 5.41) is 0. The van der Waals surface area contributed by atoms with Gasteiger partial charge in [-0.3, -0.25) is 0 Å². The van der Waals surface area contributed by atoms with E-state index in [4.69, 9.17) is 0 Å². The molecule has 0 spiro atoms. The zero-order valence-corrected chi connectivity index (χ0v) is 7.93. The molecule has 0 atom stereocenters. The number of hydrogen-bond acceptors (Lipinski definition) is 0. The first-order chi connectivity index (χ1) is 5.75. The summed E-state index contributed by atoms with van der Waals surface area (Å²) in [6.45, 7) is 8.03. The maximum atomic E-state index is 3.70. The van der Waals surface area contributed by atoms with E-state index in [9.17, 15) is 0 Å². The lowest BCUT2D eigenvalue weighted by molar-refractivity contribution is 0.947. The maximum Gasteiger partial charge on any atom is -0.0239 e. The smallest absolute Gasteiger partial charge is 0.0239 e. The van der Waals surface area contributed by atoms with E-state index in [0.717, 1.165) is 0 Å². The molecule has 0 amide bonds. The molecule has 0 aromatic rings. The van der Waals surface area contributed by atoms with Crippen molar-refractivity contribution >= 4 is 0 Å². The Kier molecular flexibility index (Phi) is 3.09. The molecule has 64 valence electrons. The van der Waals surface area contributed by atoms with Crippen molar-refractivity contribution in [2.45, 2.75) is 26.7 Å². The SMILES string of the molecule is C=C/C=C(/C)C1=C(C)C=CCC1. The second kappa shape index (κ2) is 4.10. The van der Waals surface area contributed by atoms with Crippen molar-refractivity contribution in [2.24, 2.45) is 0 Å². The standard InChI is InChI=1S/C12H16/c1-4-7-10(2)12-9-6-5-8-11(12)3/h4-5,7-8H,1,6,9H2,2-3H3/b10-7-. The van der Waals surface area contributed by atoms with Crippen LogP contribution in [0.5, 0.6) is 0 Å². The lowest BCUT2D eigenvalue weighted by Crippen LogP contribution is -1.93. The highest BCUT2D eigenvalue weighted by Gasteiger charge is 2.05.